The van der Waals surface area contributed by atoms with Crippen LogP contribution in [-0.4, -0.2) is 22.7 Å². The fourth-order valence-corrected chi connectivity index (χ4v) is 1.14. The minimum absolute atomic E-state index is 0.0955. The lowest BCUT2D eigenvalue weighted by Gasteiger charge is -2.06. The van der Waals surface area contributed by atoms with Crippen LogP contribution in [0.4, 0.5) is 0 Å². The van der Waals surface area contributed by atoms with E-state index in [1.54, 1.807) is 12.2 Å². The molecule has 1 aliphatic rings. The van der Waals surface area contributed by atoms with Crippen LogP contribution in [0.25, 0.3) is 0 Å². The highest BCUT2D eigenvalue weighted by Gasteiger charge is 2.15. The van der Waals surface area contributed by atoms with Crippen LogP contribution in [-0.2, 0) is 4.79 Å². The molecule has 0 bridgehead atoms. The summed E-state index contributed by atoms with van der Waals surface area (Å²) in [4.78, 5) is 14.3. The maximum Gasteiger partial charge on any atom is 0.354 e. The van der Waals surface area contributed by atoms with Gasteiger partial charge in [0.15, 0.2) is 5.71 Å². The van der Waals surface area contributed by atoms with Gasteiger partial charge in [0.05, 0.1) is 0 Å². The van der Waals surface area contributed by atoms with Gasteiger partial charge in [0, 0.05) is 12.1 Å². The molecule has 1 aliphatic heterocycles. The standard InChI is InChI=1S/C8H8ClNO2/c9-4-3-6-2-1-5-10-7(6)8(11)12/h1,3,5H,2,4H2,(H,11,12). The summed E-state index contributed by atoms with van der Waals surface area (Å²) < 4.78 is 0. The quantitative estimate of drug-likeness (QED) is 0.665. The second kappa shape index (κ2) is 4.07. The summed E-state index contributed by atoms with van der Waals surface area (Å²) in [6, 6.07) is 0. The average Bonchev–Trinajstić information content (AvgIpc) is 2.05. The summed E-state index contributed by atoms with van der Waals surface area (Å²) in [5, 5.41) is 8.69. The van der Waals surface area contributed by atoms with E-state index >= 15 is 0 Å². The van der Waals surface area contributed by atoms with Crippen LogP contribution in [0.1, 0.15) is 6.42 Å². The third-order valence-corrected chi connectivity index (χ3v) is 1.63. The Bertz CT molecular complexity index is 279. The summed E-state index contributed by atoms with van der Waals surface area (Å²) in [6.07, 6.45) is 5.55. The zero-order chi connectivity index (χ0) is 8.97. The molecule has 12 heavy (non-hydrogen) atoms. The number of rotatable bonds is 2. The van der Waals surface area contributed by atoms with Gasteiger partial charge in [0.1, 0.15) is 0 Å². The highest BCUT2D eigenvalue weighted by molar-refractivity contribution is 6.43. The van der Waals surface area contributed by atoms with Gasteiger partial charge in [-0.05, 0) is 12.0 Å². The fraction of sp³-hybridized carbons (Fsp3) is 0.250. The van der Waals surface area contributed by atoms with Crippen LogP contribution in [0.5, 0.6) is 0 Å². The molecule has 0 aromatic heterocycles. The molecule has 0 aromatic carbocycles. The second-order valence-electron chi connectivity index (χ2n) is 2.26. The molecule has 0 radical (unpaired) electrons. The van der Waals surface area contributed by atoms with Crippen molar-refractivity contribution in [2.75, 3.05) is 5.88 Å². The molecular weight excluding hydrogens is 178 g/mol. The minimum Gasteiger partial charge on any atom is -0.477 e. The number of alkyl halides is 1. The van der Waals surface area contributed by atoms with Crippen LogP contribution in [0.3, 0.4) is 0 Å². The smallest absolute Gasteiger partial charge is 0.354 e. The first-order chi connectivity index (χ1) is 5.75. The van der Waals surface area contributed by atoms with Gasteiger partial charge in [-0.3, -0.25) is 0 Å². The topological polar surface area (TPSA) is 49.7 Å². The Labute approximate surface area is 75.1 Å². The molecule has 0 amide bonds. The molecule has 1 heterocycles. The van der Waals surface area contributed by atoms with E-state index < -0.39 is 5.97 Å². The Morgan fingerprint density at radius 2 is 2.58 bits per heavy atom. The number of carbonyl (C=O) groups is 1. The van der Waals surface area contributed by atoms with Crippen molar-refractivity contribution in [2.24, 2.45) is 4.99 Å². The third kappa shape index (κ3) is 1.95. The Kier molecular flexibility index (Phi) is 3.05. The molecule has 0 atom stereocenters. The number of allylic oxidation sites excluding steroid dienone is 2. The lowest BCUT2D eigenvalue weighted by atomic mass is 10.1. The van der Waals surface area contributed by atoms with Crippen LogP contribution in [0.15, 0.2) is 28.9 Å². The van der Waals surface area contributed by atoms with Crippen molar-refractivity contribution >= 4 is 23.3 Å². The number of aliphatic carboxylic acids is 1. The maximum atomic E-state index is 10.6. The molecule has 1 N–H and O–H groups in total. The van der Waals surface area contributed by atoms with Crippen molar-refractivity contribution in [1.82, 2.24) is 0 Å². The van der Waals surface area contributed by atoms with E-state index in [4.69, 9.17) is 16.7 Å². The number of carboxylic acid groups (broad SMARTS) is 1. The maximum absolute atomic E-state index is 10.6. The lowest BCUT2D eigenvalue weighted by molar-refractivity contribution is -0.129. The molecule has 0 spiro atoms. The van der Waals surface area contributed by atoms with E-state index in [1.165, 1.54) is 6.20 Å². The van der Waals surface area contributed by atoms with Gasteiger partial charge in [-0.2, -0.15) is 0 Å². The first-order valence-electron chi connectivity index (χ1n) is 3.47. The largest absolute Gasteiger partial charge is 0.477 e. The number of hydrogen-bond donors (Lipinski definition) is 1. The zero-order valence-electron chi connectivity index (χ0n) is 6.33. The highest BCUT2D eigenvalue weighted by atomic mass is 35.5. The van der Waals surface area contributed by atoms with E-state index in [1.807, 2.05) is 0 Å². The fourth-order valence-electron chi connectivity index (χ4n) is 0.952. The van der Waals surface area contributed by atoms with Crippen molar-refractivity contribution in [3.63, 3.8) is 0 Å². The van der Waals surface area contributed by atoms with Crippen LogP contribution in [0, 0.1) is 0 Å². The summed E-state index contributed by atoms with van der Waals surface area (Å²) in [5.41, 5.74) is 0.776. The Hall–Kier alpha value is -1.09. The first kappa shape index (κ1) is 9.00. The molecule has 0 aliphatic carbocycles. The first-order valence-corrected chi connectivity index (χ1v) is 4.00. The van der Waals surface area contributed by atoms with Crippen molar-refractivity contribution in [3.8, 4) is 0 Å². The van der Waals surface area contributed by atoms with E-state index in [9.17, 15) is 4.79 Å². The Morgan fingerprint density at radius 1 is 1.83 bits per heavy atom. The van der Waals surface area contributed by atoms with Gasteiger partial charge in [-0.15, -0.1) is 11.6 Å². The van der Waals surface area contributed by atoms with E-state index in [-0.39, 0.29) is 5.71 Å². The third-order valence-electron chi connectivity index (χ3n) is 1.48. The van der Waals surface area contributed by atoms with Gasteiger partial charge in [0.25, 0.3) is 0 Å². The van der Waals surface area contributed by atoms with Crippen LogP contribution < -0.4 is 0 Å². The van der Waals surface area contributed by atoms with Gasteiger partial charge < -0.3 is 5.11 Å². The Balaban J connectivity index is 2.91. The molecule has 0 saturated heterocycles. The van der Waals surface area contributed by atoms with Gasteiger partial charge in [0.2, 0.25) is 0 Å². The molecule has 0 unspecified atom stereocenters. The molecule has 3 nitrogen and oxygen atoms in total. The van der Waals surface area contributed by atoms with Gasteiger partial charge >= 0.3 is 5.97 Å². The lowest BCUT2D eigenvalue weighted by Crippen LogP contribution is -2.17. The summed E-state index contributed by atoms with van der Waals surface area (Å²) in [6.45, 7) is 0. The number of nitrogens with zero attached hydrogens (tertiary/aromatic N) is 1. The molecule has 0 fully saturated rings. The number of halogens is 1. The zero-order valence-corrected chi connectivity index (χ0v) is 7.08. The molecule has 4 heteroatoms. The normalized spacial score (nSPS) is 19.4. The summed E-state index contributed by atoms with van der Waals surface area (Å²) >= 11 is 5.46. The second-order valence-corrected chi connectivity index (χ2v) is 2.56. The monoisotopic (exact) mass is 185 g/mol. The molecule has 0 aromatic rings. The van der Waals surface area contributed by atoms with E-state index in [2.05, 4.69) is 4.99 Å². The van der Waals surface area contributed by atoms with Crippen molar-refractivity contribution in [3.05, 3.63) is 23.9 Å². The molecule has 1 rings (SSSR count). The van der Waals surface area contributed by atoms with Gasteiger partial charge in [-0.25, -0.2) is 9.79 Å². The van der Waals surface area contributed by atoms with Crippen LogP contribution >= 0.6 is 11.6 Å². The van der Waals surface area contributed by atoms with Crippen molar-refractivity contribution in [1.29, 1.82) is 0 Å². The predicted octanol–water partition coefficient (Wildman–Crippen LogP) is 1.59. The SMILES string of the molecule is O=C(O)C1=NC=CCC1=CCCl. The van der Waals surface area contributed by atoms with E-state index in [0.29, 0.717) is 17.9 Å². The number of aliphatic imine (C=N–C) groups is 1. The minimum atomic E-state index is -1.00. The highest BCUT2D eigenvalue weighted by Crippen LogP contribution is 2.11. The molecule has 64 valence electrons. The van der Waals surface area contributed by atoms with E-state index in [0.717, 1.165) is 0 Å². The number of hydrogen-bond acceptors (Lipinski definition) is 2. The van der Waals surface area contributed by atoms with Crippen molar-refractivity contribution < 1.29 is 9.90 Å². The molecular formula is C8H8ClNO2. The molecule has 0 saturated carbocycles. The summed E-state index contributed by atoms with van der Waals surface area (Å²) in [7, 11) is 0. The average molecular weight is 186 g/mol. The van der Waals surface area contributed by atoms with Gasteiger partial charge in [-0.1, -0.05) is 12.2 Å². The predicted molar refractivity (Wildman–Crippen MR) is 47.6 cm³/mol. The number of carboxylic acids is 1. The van der Waals surface area contributed by atoms with Crippen LogP contribution in [0.2, 0.25) is 0 Å². The van der Waals surface area contributed by atoms with Crippen molar-refractivity contribution in [2.45, 2.75) is 6.42 Å². The summed E-state index contributed by atoms with van der Waals surface area (Å²) in [5.74, 6) is -0.689. The Morgan fingerprint density at radius 3 is 3.17 bits per heavy atom.